The highest BCUT2D eigenvalue weighted by molar-refractivity contribution is 9.10. The van der Waals surface area contributed by atoms with E-state index in [-0.39, 0.29) is 5.56 Å². The molecule has 0 spiro atoms. The molecular weight excluding hydrogens is 342 g/mol. The maximum atomic E-state index is 11.0. The van der Waals surface area contributed by atoms with Crippen LogP contribution in [0.4, 0.5) is 0 Å². The molecule has 6 nitrogen and oxygen atoms in total. The standard InChI is InChI=1S/C14H18BrNO5/c1-19-12-9-10(14(17)18)8-11(15)13(12)21-7-4-16-2-5-20-6-3-16/h8-9H,2-7H2,1H3,(H,17,18). The first kappa shape index (κ1) is 16.1. The van der Waals surface area contributed by atoms with Gasteiger partial charge in [0.25, 0.3) is 0 Å². The first-order chi connectivity index (χ1) is 10.1. The molecule has 1 aromatic carbocycles. The minimum atomic E-state index is -1.01. The minimum Gasteiger partial charge on any atom is -0.493 e. The number of carbonyl (C=O) groups is 1. The molecule has 1 aliphatic heterocycles. The van der Waals surface area contributed by atoms with Crippen molar-refractivity contribution >= 4 is 21.9 Å². The van der Waals surface area contributed by atoms with Gasteiger partial charge in [0.15, 0.2) is 11.5 Å². The fraction of sp³-hybridized carbons (Fsp3) is 0.500. The average Bonchev–Trinajstić information content (AvgIpc) is 2.49. The van der Waals surface area contributed by atoms with E-state index in [2.05, 4.69) is 20.8 Å². The zero-order valence-electron chi connectivity index (χ0n) is 11.8. The monoisotopic (exact) mass is 359 g/mol. The van der Waals surface area contributed by atoms with Gasteiger partial charge in [-0.3, -0.25) is 4.90 Å². The second kappa shape index (κ2) is 7.63. The number of nitrogens with zero attached hydrogens (tertiary/aromatic N) is 1. The van der Waals surface area contributed by atoms with Crippen LogP contribution in [-0.2, 0) is 4.74 Å². The molecule has 7 heteroatoms. The second-order valence-corrected chi connectivity index (χ2v) is 5.45. The van der Waals surface area contributed by atoms with Gasteiger partial charge in [0, 0.05) is 19.6 Å². The number of rotatable bonds is 6. The van der Waals surface area contributed by atoms with Crippen molar-refractivity contribution in [2.45, 2.75) is 0 Å². The number of carboxylic acids is 1. The Morgan fingerprint density at radius 1 is 1.43 bits per heavy atom. The molecule has 1 aromatic rings. The van der Waals surface area contributed by atoms with Crippen LogP contribution in [0.2, 0.25) is 0 Å². The number of benzene rings is 1. The lowest BCUT2D eigenvalue weighted by atomic mass is 10.2. The van der Waals surface area contributed by atoms with E-state index >= 15 is 0 Å². The van der Waals surface area contributed by atoms with Crippen LogP contribution in [0.15, 0.2) is 16.6 Å². The lowest BCUT2D eigenvalue weighted by Crippen LogP contribution is -2.38. The average molecular weight is 360 g/mol. The Balaban J connectivity index is 1.99. The van der Waals surface area contributed by atoms with Gasteiger partial charge >= 0.3 is 5.97 Å². The third-order valence-corrected chi connectivity index (χ3v) is 3.82. The van der Waals surface area contributed by atoms with Gasteiger partial charge < -0.3 is 19.3 Å². The lowest BCUT2D eigenvalue weighted by molar-refractivity contribution is 0.0320. The van der Waals surface area contributed by atoms with Crippen LogP contribution >= 0.6 is 15.9 Å². The van der Waals surface area contributed by atoms with Gasteiger partial charge in [0.05, 0.1) is 30.4 Å². The number of morpholine rings is 1. The molecule has 0 radical (unpaired) electrons. The minimum absolute atomic E-state index is 0.152. The molecule has 1 N–H and O–H groups in total. The molecule has 0 saturated carbocycles. The maximum Gasteiger partial charge on any atom is 0.335 e. The van der Waals surface area contributed by atoms with Crippen LogP contribution < -0.4 is 9.47 Å². The number of hydrogen-bond donors (Lipinski definition) is 1. The number of aromatic carboxylic acids is 1. The van der Waals surface area contributed by atoms with E-state index in [1.54, 1.807) is 0 Å². The predicted molar refractivity (Wildman–Crippen MR) is 80.4 cm³/mol. The van der Waals surface area contributed by atoms with Crippen molar-refractivity contribution in [3.63, 3.8) is 0 Å². The maximum absolute atomic E-state index is 11.0. The summed E-state index contributed by atoms with van der Waals surface area (Å²) in [6, 6.07) is 2.96. The van der Waals surface area contributed by atoms with Crippen molar-refractivity contribution in [3.8, 4) is 11.5 Å². The molecular formula is C14H18BrNO5. The number of ether oxygens (including phenoxy) is 3. The van der Waals surface area contributed by atoms with Crippen LogP contribution in [0, 0.1) is 0 Å². The molecule has 0 aromatic heterocycles. The number of halogens is 1. The Morgan fingerprint density at radius 2 is 2.14 bits per heavy atom. The predicted octanol–water partition coefficient (Wildman–Crippen LogP) is 1.87. The Kier molecular flexibility index (Phi) is 5.84. The van der Waals surface area contributed by atoms with Gasteiger partial charge in [-0.05, 0) is 28.1 Å². The fourth-order valence-electron chi connectivity index (χ4n) is 2.08. The summed E-state index contributed by atoms with van der Waals surface area (Å²) in [5.74, 6) is -0.0756. The molecule has 0 bridgehead atoms. The van der Waals surface area contributed by atoms with Gasteiger partial charge in [-0.15, -0.1) is 0 Å². The normalized spacial score (nSPS) is 15.7. The summed E-state index contributed by atoms with van der Waals surface area (Å²) < 4.78 is 16.8. The van der Waals surface area contributed by atoms with Crippen LogP contribution in [-0.4, -0.2) is 62.5 Å². The van der Waals surface area contributed by atoms with Crippen molar-refractivity contribution in [1.82, 2.24) is 4.90 Å². The molecule has 116 valence electrons. The van der Waals surface area contributed by atoms with Crippen molar-refractivity contribution in [3.05, 3.63) is 22.2 Å². The number of methoxy groups -OCH3 is 1. The van der Waals surface area contributed by atoms with E-state index in [1.807, 2.05) is 0 Å². The molecule has 0 unspecified atom stereocenters. The van der Waals surface area contributed by atoms with Gasteiger partial charge in [0.1, 0.15) is 6.61 Å². The largest absolute Gasteiger partial charge is 0.493 e. The summed E-state index contributed by atoms with van der Waals surface area (Å²) >= 11 is 3.33. The Morgan fingerprint density at radius 3 is 2.76 bits per heavy atom. The van der Waals surface area contributed by atoms with Crippen molar-refractivity contribution in [2.24, 2.45) is 0 Å². The molecule has 1 aliphatic rings. The van der Waals surface area contributed by atoms with Crippen LogP contribution in [0.3, 0.4) is 0 Å². The molecule has 0 atom stereocenters. The Labute approximate surface area is 131 Å². The van der Waals surface area contributed by atoms with Crippen LogP contribution in [0.1, 0.15) is 10.4 Å². The lowest BCUT2D eigenvalue weighted by Gasteiger charge is -2.26. The van der Waals surface area contributed by atoms with E-state index in [4.69, 9.17) is 19.3 Å². The Bertz CT molecular complexity index is 502. The highest BCUT2D eigenvalue weighted by Crippen LogP contribution is 2.36. The zero-order chi connectivity index (χ0) is 15.2. The van der Waals surface area contributed by atoms with Gasteiger partial charge in [-0.2, -0.15) is 0 Å². The first-order valence-electron chi connectivity index (χ1n) is 6.65. The molecule has 1 fully saturated rings. The quantitative estimate of drug-likeness (QED) is 0.836. The van der Waals surface area contributed by atoms with E-state index < -0.39 is 5.97 Å². The summed E-state index contributed by atoms with van der Waals surface area (Å²) in [4.78, 5) is 13.3. The summed E-state index contributed by atoms with van der Waals surface area (Å²) in [5, 5.41) is 9.03. The molecule has 1 saturated heterocycles. The number of carboxylic acid groups (broad SMARTS) is 1. The summed E-state index contributed by atoms with van der Waals surface area (Å²) in [6.45, 7) is 4.60. The van der Waals surface area contributed by atoms with Gasteiger partial charge in [-0.25, -0.2) is 4.79 Å². The van der Waals surface area contributed by atoms with Gasteiger partial charge in [-0.1, -0.05) is 0 Å². The highest BCUT2D eigenvalue weighted by Gasteiger charge is 2.16. The highest BCUT2D eigenvalue weighted by atomic mass is 79.9. The topological polar surface area (TPSA) is 68.2 Å². The van der Waals surface area contributed by atoms with Crippen molar-refractivity contribution in [2.75, 3.05) is 46.6 Å². The van der Waals surface area contributed by atoms with Gasteiger partial charge in [0.2, 0.25) is 0 Å². The van der Waals surface area contributed by atoms with E-state index in [0.717, 1.165) is 32.8 Å². The summed E-state index contributed by atoms with van der Waals surface area (Å²) in [5.41, 5.74) is 0.152. The summed E-state index contributed by atoms with van der Waals surface area (Å²) in [6.07, 6.45) is 0. The zero-order valence-corrected chi connectivity index (χ0v) is 13.4. The first-order valence-corrected chi connectivity index (χ1v) is 7.45. The van der Waals surface area contributed by atoms with Crippen molar-refractivity contribution < 1.29 is 24.1 Å². The van der Waals surface area contributed by atoms with E-state index in [9.17, 15) is 4.79 Å². The molecule has 1 heterocycles. The van der Waals surface area contributed by atoms with Crippen LogP contribution in [0.25, 0.3) is 0 Å². The van der Waals surface area contributed by atoms with E-state index in [1.165, 1.54) is 19.2 Å². The number of hydrogen-bond acceptors (Lipinski definition) is 5. The molecule has 21 heavy (non-hydrogen) atoms. The second-order valence-electron chi connectivity index (χ2n) is 4.60. The molecule has 0 aliphatic carbocycles. The molecule has 2 rings (SSSR count). The third kappa shape index (κ3) is 4.33. The third-order valence-electron chi connectivity index (χ3n) is 3.23. The Hall–Kier alpha value is -1.31. The van der Waals surface area contributed by atoms with E-state index in [0.29, 0.717) is 22.6 Å². The molecule has 0 amide bonds. The van der Waals surface area contributed by atoms with Crippen LogP contribution in [0.5, 0.6) is 11.5 Å². The fourth-order valence-corrected chi connectivity index (χ4v) is 2.64. The summed E-state index contributed by atoms with van der Waals surface area (Å²) in [7, 11) is 1.49. The SMILES string of the molecule is COc1cc(C(=O)O)cc(Br)c1OCCN1CCOCC1. The smallest absolute Gasteiger partial charge is 0.335 e. The van der Waals surface area contributed by atoms with Crippen molar-refractivity contribution in [1.29, 1.82) is 0 Å².